The fourth-order valence-corrected chi connectivity index (χ4v) is 3.65. The van der Waals surface area contributed by atoms with Crippen LogP contribution in [0.1, 0.15) is 50.7 Å². The maximum atomic E-state index is 3.73. The quantitative estimate of drug-likeness (QED) is 0.763. The van der Waals surface area contributed by atoms with Gasteiger partial charge in [-0.15, -0.1) is 0 Å². The summed E-state index contributed by atoms with van der Waals surface area (Å²) in [6, 6.07) is 9.61. The molecule has 2 unspecified atom stereocenters. The first-order valence-corrected chi connectivity index (χ1v) is 8.68. The standard InChI is InChI=1S/C17H27NS/c1-4-9-18-16(12-19-13(2)3)11-15-10-14-7-5-6-8-17(14)15/h5-8,13,15-16,18H,4,9-12H2,1-3H3. The van der Waals surface area contributed by atoms with Crippen molar-refractivity contribution in [2.24, 2.45) is 0 Å². The molecule has 0 saturated heterocycles. The number of benzene rings is 1. The Labute approximate surface area is 122 Å². The first-order valence-electron chi connectivity index (χ1n) is 7.63. The molecular weight excluding hydrogens is 250 g/mol. The van der Waals surface area contributed by atoms with Gasteiger partial charge in [0.1, 0.15) is 0 Å². The van der Waals surface area contributed by atoms with E-state index in [2.05, 4.69) is 62.1 Å². The number of fused-ring (bicyclic) bond motifs is 1. The van der Waals surface area contributed by atoms with E-state index in [9.17, 15) is 0 Å². The molecule has 19 heavy (non-hydrogen) atoms. The average molecular weight is 277 g/mol. The fraction of sp³-hybridized carbons (Fsp3) is 0.647. The molecule has 1 aliphatic rings. The van der Waals surface area contributed by atoms with Gasteiger partial charge in [-0.3, -0.25) is 0 Å². The van der Waals surface area contributed by atoms with Crippen LogP contribution in [0.4, 0.5) is 0 Å². The lowest BCUT2D eigenvalue weighted by Crippen LogP contribution is -2.36. The molecule has 0 radical (unpaired) electrons. The topological polar surface area (TPSA) is 12.0 Å². The van der Waals surface area contributed by atoms with Gasteiger partial charge in [-0.2, -0.15) is 11.8 Å². The molecule has 1 aliphatic carbocycles. The molecule has 2 atom stereocenters. The second-order valence-corrected chi connectivity index (χ2v) is 7.48. The van der Waals surface area contributed by atoms with E-state index in [0.717, 1.165) is 17.7 Å². The van der Waals surface area contributed by atoms with Gasteiger partial charge in [0.2, 0.25) is 0 Å². The number of rotatable bonds is 8. The van der Waals surface area contributed by atoms with Crippen molar-refractivity contribution in [1.29, 1.82) is 0 Å². The summed E-state index contributed by atoms with van der Waals surface area (Å²) < 4.78 is 0. The Bertz CT molecular complexity index is 389. The average Bonchev–Trinajstić information content (AvgIpc) is 2.38. The normalized spacial score (nSPS) is 19.1. The van der Waals surface area contributed by atoms with Gasteiger partial charge in [-0.1, -0.05) is 45.0 Å². The predicted octanol–water partition coefficient (Wildman–Crippen LogP) is 4.23. The van der Waals surface area contributed by atoms with Crippen LogP contribution in [0.15, 0.2) is 24.3 Å². The van der Waals surface area contributed by atoms with E-state index >= 15 is 0 Å². The van der Waals surface area contributed by atoms with E-state index in [1.807, 2.05) is 0 Å². The lowest BCUT2D eigenvalue weighted by atomic mass is 9.74. The Morgan fingerprint density at radius 2 is 2.11 bits per heavy atom. The molecule has 0 heterocycles. The first kappa shape index (κ1) is 14.9. The molecule has 0 amide bonds. The van der Waals surface area contributed by atoms with E-state index in [4.69, 9.17) is 0 Å². The van der Waals surface area contributed by atoms with Crippen LogP contribution < -0.4 is 5.32 Å². The predicted molar refractivity (Wildman–Crippen MR) is 87.2 cm³/mol. The van der Waals surface area contributed by atoms with E-state index in [0.29, 0.717) is 6.04 Å². The Kier molecular flexibility index (Phi) is 5.77. The van der Waals surface area contributed by atoms with Gasteiger partial charge in [0.05, 0.1) is 0 Å². The fourth-order valence-electron chi connectivity index (χ4n) is 2.78. The van der Waals surface area contributed by atoms with Gasteiger partial charge in [0.25, 0.3) is 0 Å². The van der Waals surface area contributed by atoms with Crippen molar-refractivity contribution in [3.8, 4) is 0 Å². The first-order chi connectivity index (χ1) is 9.20. The molecule has 1 nitrogen and oxygen atoms in total. The summed E-state index contributed by atoms with van der Waals surface area (Å²) in [6.07, 6.45) is 3.81. The third kappa shape index (κ3) is 4.25. The van der Waals surface area contributed by atoms with Gasteiger partial charge < -0.3 is 5.32 Å². The minimum Gasteiger partial charge on any atom is -0.313 e. The van der Waals surface area contributed by atoms with E-state index in [1.54, 1.807) is 11.1 Å². The van der Waals surface area contributed by atoms with Crippen molar-refractivity contribution in [2.45, 2.75) is 57.2 Å². The largest absolute Gasteiger partial charge is 0.313 e. The molecular formula is C17H27NS. The van der Waals surface area contributed by atoms with Crippen molar-refractivity contribution in [3.63, 3.8) is 0 Å². The number of thioether (sulfide) groups is 1. The highest BCUT2D eigenvalue weighted by Crippen LogP contribution is 2.38. The lowest BCUT2D eigenvalue weighted by molar-refractivity contribution is 0.444. The second-order valence-electron chi connectivity index (χ2n) is 5.87. The van der Waals surface area contributed by atoms with Crippen molar-refractivity contribution in [3.05, 3.63) is 35.4 Å². The molecule has 1 N–H and O–H groups in total. The number of nitrogens with one attached hydrogen (secondary N) is 1. The molecule has 2 rings (SSSR count). The van der Waals surface area contributed by atoms with Gasteiger partial charge in [0, 0.05) is 11.8 Å². The third-order valence-corrected chi connectivity index (χ3v) is 5.11. The molecule has 106 valence electrons. The summed E-state index contributed by atoms with van der Waals surface area (Å²) in [5.74, 6) is 2.04. The maximum absolute atomic E-state index is 3.73. The second kappa shape index (κ2) is 7.35. The van der Waals surface area contributed by atoms with E-state index in [-0.39, 0.29) is 0 Å². The van der Waals surface area contributed by atoms with Crippen LogP contribution in [0.25, 0.3) is 0 Å². The van der Waals surface area contributed by atoms with Crippen molar-refractivity contribution < 1.29 is 0 Å². The molecule has 0 bridgehead atoms. The van der Waals surface area contributed by atoms with Gasteiger partial charge in [-0.05, 0) is 48.1 Å². The third-order valence-electron chi connectivity index (χ3n) is 3.84. The van der Waals surface area contributed by atoms with Crippen LogP contribution in [0.3, 0.4) is 0 Å². The minimum absolute atomic E-state index is 0.672. The van der Waals surface area contributed by atoms with Crippen LogP contribution in [-0.4, -0.2) is 23.6 Å². The van der Waals surface area contributed by atoms with Crippen LogP contribution in [0.5, 0.6) is 0 Å². The Balaban J connectivity index is 1.86. The molecule has 0 spiro atoms. The van der Waals surface area contributed by atoms with E-state index in [1.165, 1.54) is 25.0 Å². The minimum atomic E-state index is 0.672. The monoisotopic (exact) mass is 277 g/mol. The maximum Gasteiger partial charge on any atom is 0.0164 e. The highest BCUT2D eigenvalue weighted by Gasteiger charge is 2.27. The summed E-state index contributed by atoms with van der Waals surface area (Å²) in [5, 5.41) is 4.47. The molecule has 1 aromatic carbocycles. The van der Waals surface area contributed by atoms with Crippen molar-refractivity contribution in [2.75, 3.05) is 12.3 Å². The van der Waals surface area contributed by atoms with Crippen molar-refractivity contribution >= 4 is 11.8 Å². The molecule has 2 heteroatoms. The molecule has 1 aromatic rings. The summed E-state index contributed by atoms with van der Waals surface area (Å²) in [6.45, 7) is 7.98. The summed E-state index contributed by atoms with van der Waals surface area (Å²) in [7, 11) is 0. The van der Waals surface area contributed by atoms with Crippen LogP contribution >= 0.6 is 11.8 Å². The number of hydrogen-bond donors (Lipinski definition) is 1. The van der Waals surface area contributed by atoms with Crippen LogP contribution in [-0.2, 0) is 6.42 Å². The zero-order chi connectivity index (χ0) is 13.7. The zero-order valence-electron chi connectivity index (χ0n) is 12.5. The highest BCUT2D eigenvalue weighted by atomic mass is 32.2. The Morgan fingerprint density at radius 1 is 1.32 bits per heavy atom. The Morgan fingerprint density at radius 3 is 2.79 bits per heavy atom. The lowest BCUT2D eigenvalue weighted by Gasteiger charge is -2.33. The van der Waals surface area contributed by atoms with Gasteiger partial charge >= 0.3 is 0 Å². The van der Waals surface area contributed by atoms with Crippen LogP contribution in [0.2, 0.25) is 0 Å². The summed E-state index contributed by atoms with van der Waals surface area (Å²) in [4.78, 5) is 0. The van der Waals surface area contributed by atoms with Gasteiger partial charge in [-0.25, -0.2) is 0 Å². The van der Waals surface area contributed by atoms with E-state index < -0.39 is 0 Å². The SMILES string of the molecule is CCCNC(CSC(C)C)CC1Cc2ccccc21. The molecule has 0 fully saturated rings. The molecule has 0 aromatic heterocycles. The number of hydrogen-bond acceptors (Lipinski definition) is 2. The molecule has 0 aliphatic heterocycles. The van der Waals surface area contributed by atoms with Gasteiger partial charge in [0.15, 0.2) is 0 Å². The summed E-state index contributed by atoms with van der Waals surface area (Å²) in [5.41, 5.74) is 3.17. The molecule has 0 saturated carbocycles. The smallest absolute Gasteiger partial charge is 0.0164 e. The van der Waals surface area contributed by atoms with Crippen molar-refractivity contribution in [1.82, 2.24) is 5.32 Å². The highest BCUT2D eigenvalue weighted by molar-refractivity contribution is 7.99. The zero-order valence-corrected chi connectivity index (χ0v) is 13.3. The Hall–Kier alpha value is -0.470. The van der Waals surface area contributed by atoms with Crippen LogP contribution in [0, 0.1) is 0 Å². The summed E-state index contributed by atoms with van der Waals surface area (Å²) >= 11 is 2.09.